The summed E-state index contributed by atoms with van der Waals surface area (Å²) in [5.74, 6) is 0.814. The summed E-state index contributed by atoms with van der Waals surface area (Å²) in [6, 6.07) is 8.06. The highest BCUT2D eigenvalue weighted by atomic mass is 32.2. The van der Waals surface area contributed by atoms with Crippen LogP contribution in [0.2, 0.25) is 0 Å². The van der Waals surface area contributed by atoms with Gasteiger partial charge in [-0.15, -0.1) is 0 Å². The van der Waals surface area contributed by atoms with E-state index in [0.29, 0.717) is 12.2 Å². The van der Waals surface area contributed by atoms with Gasteiger partial charge in [-0.2, -0.15) is 0 Å². The molecule has 0 spiro atoms. The van der Waals surface area contributed by atoms with Crippen molar-refractivity contribution in [2.45, 2.75) is 50.8 Å². The fourth-order valence-corrected chi connectivity index (χ4v) is 3.68. The quantitative estimate of drug-likeness (QED) is 0.868. The summed E-state index contributed by atoms with van der Waals surface area (Å²) in [5, 5.41) is 3.39. The molecule has 4 nitrogen and oxygen atoms in total. The number of nitrogens with one attached hydrogen (secondary N) is 1. The van der Waals surface area contributed by atoms with Crippen molar-refractivity contribution < 1.29 is 9.00 Å². The molecule has 1 aromatic carbocycles. The van der Waals surface area contributed by atoms with Crippen LogP contribution >= 0.6 is 0 Å². The SMILES string of the molecule is C[C@@H](CC(=O)N1CCCCCC1)Nc1cccc(C[S@](C)=O)c1. The van der Waals surface area contributed by atoms with Gasteiger partial charge in [0.2, 0.25) is 5.91 Å². The van der Waals surface area contributed by atoms with Gasteiger partial charge in [-0.25, -0.2) is 0 Å². The first-order chi connectivity index (χ1) is 11.0. The molecule has 1 amide bonds. The Morgan fingerprint density at radius 3 is 2.61 bits per heavy atom. The lowest BCUT2D eigenvalue weighted by atomic mass is 10.1. The lowest BCUT2D eigenvalue weighted by Crippen LogP contribution is -2.35. The van der Waals surface area contributed by atoms with E-state index in [1.54, 1.807) is 6.26 Å². The minimum atomic E-state index is -0.840. The Morgan fingerprint density at radius 2 is 1.96 bits per heavy atom. The number of anilines is 1. The summed E-state index contributed by atoms with van der Waals surface area (Å²) < 4.78 is 11.3. The lowest BCUT2D eigenvalue weighted by molar-refractivity contribution is -0.131. The Labute approximate surface area is 142 Å². The standard InChI is InChI=1S/C18H28N2O2S/c1-15(12-18(21)20-10-5-3-4-6-11-20)19-17-9-7-8-16(13-17)14-23(2)22/h7-9,13,15,19H,3-6,10-12,14H2,1-2H3/t15-,23-/m0/s1. The van der Waals surface area contributed by atoms with E-state index >= 15 is 0 Å². The van der Waals surface area contributed by atoms with Crippen LogP contribution in [0.4, 0.5) is 5.69 Å². The maximum absolute atomic E-state index is 12.4. The van der Waals surface area contributed by atoms with Gasteiger partial charge < -0.3 is 10.2 Å². The van der Waals surface area contributed by atoms with Gasteiger partial charge in [0.1, 0.15) is 0 Å². The molecular weight excluding hydrogens is 308 g/mol. The van der Waals surface area contributed by atoms with Crippen LogP contribution < -0.4 is 5.32 Å². The van der Waals surface area contributed by atoms with Crippen LogP contribution in [0.5, 0.6) is 0 Å². The van der Waals surface area contributed by atoms with Gasteiger partial charge in [0.05, 0.1) is 0 Å². The molecule has 0 saturated carbocycles. The molecular formula is C18H28N2O2S. The molecule has 0 aliphatic carbocycles. The predicted octanol–water partition coefficient (Wildman–Crippen LogP) is 3.16. The fraction of sp³-hybridized carbons (Fsp3) is 0.611. The Bertz CT molecular complexity index is 540. The minimum Gasteiger partial charge on any atom is -0.382 e. The first-order valence-electron chi connectivity index (χ1n) is 8.48. The van der Waals surface area contributed by atoms with E-state index in [4.69, 9.17) is 0 Å². The highest BCUT2D eigenvalue weighted by molar-refractivity contribution is 7.83. The van der Waals surface area contributed by atoms with Crippen molar-refractivity contribution in [3.63, 3.8) is 0 Å². The van der Waals surface area contributed by atoms with Gasteiger partial charge in [0.25, 0.3) is 0 Å². The third-order valence-electron chi connectivity index (χ3n) is 4.15. The third-order valence-corrected chi connectivity index (χ3v) is 4.89. The first-order valence-corrected chi connectivity index (χ1v) is 10.2. The Hall–Kier alpha value is -1.36. The number of hydrogen-bond donors (Lipinski definition) is 1. The van der Waals surface area contributed by atoms with Crippen LogP contribution in [0.1, 0.15) is 44.6 Å². The number of carbonyl (C=O) groups is 1. The van der Waals surface area contributed by atoms with Gasteiger partial charge in [0.15, 0.2) is 0 Å². The summed E-state index contributed by atoms with van der Waals surface area (Å²) in [6.45, 7) is 3.85. The number of benzene rings is 1. The van der Waals surface area contributed by atoms with E-state index in [0.717, 1.165) is 37.2 Å². The highest BCUT2D eigenvalue weighted by Gasteiger charge is 2.17. The predicted molar refractivity (Wildman–Crippen MR) is 97.0 cm³/mol. The average molecular weight is 337 g/mol. The molecule has 1 aliphatic rings. The van der Waals surface area contributed by atoms with Gasteiger partial charge in [-0.05, 0) is 37.5 Å². The maximum atomic E-state index is 12.4. The molecule has 1 aliphatic heterocycles. The fourth-order valence-electron chi connectivity index (χ4n) is 3.03. The van der Waals surface area contributed by atoms with Gasteiger partial charge >= 0.3 is 0 Å². The van der Waals surface area contributed by atoms with Crippen molar-refractivity contribution in [1.82, 2.24) is 4.90 Å². The van der Waals surface area contributed by atoms with Crippen LogP contribution in [-0.4, -0.2) is 40.4 Å². The minimum absolute atomic E-state index is 0.0909. The van der Waals surface area contributed by atoms with Crippen LogP contribution in [0.3, 0.4) is 0 Å². The van der Waals surface area contributed by atoms with E-state index in [-0.39, 0.29) is 11.9 Å². The zero-order valence-electron chi connectivity index (χ0n) is 14.2. The summed E-state index contributed by atoms with van der Waals surface area (Å²) in [5.41, 5.74) is 2.05. The zero-order valence-corrected chi connectivity index (χ0v) is 15.0. The molecule has 0 bridgehead atoms. The summed E-state index contributed by atoms with van der Waals surface area (Å²) in [7, 11) is -0.840. The van der Waals surface area contributed by atoms with E-state index in [1.165, 1.54) is 12.8 Å². The van der Waals surface area contributed by atoms with Crippen molar-refractivity contribution in [1.29, 1.82) is 0 Å². The van der Waals surface area contributed by atoms with Crippen LogP contribution in [-0.2, 0) is 21.3 Å². The number of nitrogens with zero attached hydrogens (tertiary/aromatic N) is 1. The van der Waals surface area contributed by atoms with Crippen molar-refractivity contribution in [3.05, 3.63) is 29.8 Å². The second-order valence-corrected chi connectivity index (χ2v) is 7.90. The number of rotatable bonds is 6. The second kappa shape index (κ2) is 9.06. The van der Waals surface area contributed by atoms with E-state index < -0.39 is 10.8 Å². The normalized spacial score (nSPS) is 18.1. The summed E-state index contributed by atoms with van der Waals surface area (Å²) in [4.78, 5) is 14.4. The van der Waals surface area contributed by atoms with E-state index in [9.17, 15) is 9.00 Å². The number of amides is 1. The van der Waals surface area contributed by atoms with Crippen molar-refractivity contribution >= 4 is 22.4 Å². The molecule has 1 heterocycles. The molecule has 0 radical (unpaired) electrons. The van der Waals surface area contributed by atoms with Gasteiger partial charge in [-0.1, -0.05) is 25.0 Å². The molecule has 1 fully saturated rings. The first kappa shape index (κ1) is 18.0. The smallest absolute Gasteiger partial charge is 0.224 e. The zero-order chi connectivity index (χ0) is 16.7. The molecule has 1 N–H and O–H groups in total. The third kappa shape index (κ3) is 6.34. The van der Waals surface area contributed by atoms with Crippen LogP contribution in [0, 0.1) is 0 Å². The highest BCUT2D eigenvalue weighted by Crippen LogP contribution is 2.16. The number of hydrogen-bond acceptors (Lipinski definition) is 3. The van der Waals surface area contributed by atoms with Crippen molar-refractivity contribution in [2.24, 2.45) is 0 Å². The van der Waals surface area contributed by atoms with E-state index in [1.807, 2.05) is 36.1 Å². The number of carbonyl (C=O) groups excluding carboxylic acids is 1. The molecule has 1 aromatic rings. The molecule has 5 heteroatoms. The second-order valence-electron chi connectivity index (χ2n) is 6.46. The molecule has 2 atom stereocenters. The molecule has 128 valence electrons. The monoisotopic (exact) mass is 336 g/mol. The molecule has 2 rings (SSSR count). The van der Waals surface area contributed by atoms with E-state index in [2.05, 4.69) is 5.32 Å². The Balaban J connectivity index is 1.87. The Morgan fingerprint density at radius 1 is 1.26 bits per heavy atom. The Kier molecular flexibility index (Phi) is 7.09. The van der Waals surface area contributed by atoms with Crippen molar-refractivity contribution in [2.75, 3.05) is 24.7 Å². The number of likely N-dealkylation sites (tertiary alicyclic amines) is 1. The summed E-state index contributed by atoms with van der Waals surface area (Å²) >= 11 is 0. The van der Waals surface area contributed by atoms with Crippen LogP contribution in [0.15, 0.2) is 24.3 Å². The molecule has 23 heavy (non-hydrogen) atoms. The largest absolute Gasteiger partial charge is 0.382 e. The maximum Gasteiger partial charge on any atom is 0.224 e. The molecule has 0 aromatic heterocycles. The van der Waals surface area contributed by atoms with Crippen LogP contribution in [0.25, 0.3) is 0 Å². The van der Waals surface area contributed by atoms with Gasteiger partial charge in [-0.3, -0.25) is 9.00 Å². The average Bonchev–Trinajstić information content (AvgIpc) is 2.75. The van der Waals surface area contributed by atoms with Crippen molar-refractivity contribution in [3.8, 4) is 0 Å². The molecule has 1 saturated heterocycles. The lowest BCUT2D eigenvalue weighted by Gasteiger charge is -2.23. The van der Waals surface area contributed by atoms with Gasteiger partial charge in [0, 0.05) is 54.0 Å². The summed E-state index contributed by atoms with van der Waals surface area (Å²) in [6.07, 6.45) is 6.96. The molecule has 0 unspecified atom stereocenters. The topological polar surface area (TPSA) is 49.4 Å².